The Bertz CT molecular complexity index is 220. The predicted molar refractivity (Wildman–Crippen MR) is 84.5 cm³/mol. The van der Waals surface area contributed by atoms with E-state index in [1.54, 1.807) is 11.8 Å². The third-order valence-electron chi connectivity index (χ3n) is 2.62. The number of nitrogens with two attached hydrogens (primary N) is 1. The minimum absolute atomic E-state index is 0. The van der Waals surface area contributed by atoms with Crippen molar-refractivity contribution in [3.05, 3.63) is 0 Å². The van der Waals surface area contributed by atoms with Crippen molar-refractivity contribution >= 4 is 30.1 Å². The first-order chi connectivity index (χ1) is 7.87. The minimum Gasteiger partial charge on any atom is -0.355 e. The minimum atomic E-state index is -0.343. The van der Waals surface area contributed by atoms with E-state index >= 15 is 0 Å². The lowest BCUT2D eigenvalue weighted by Crippen LogP contribution is -2.41. The fourth-order valence-corrected chi connectivity index (χ4v) is 1.99. The van der Waals surface area contributed by atoms with Gasteiger partial charge in [0.25, 0.3) is 0 Å². The van der Waals surface area contributed by atoms with E-state index in [1.165, 1.54) is 6.42 Å². The Morgan fingerprint density at radius 3 is 2.44 bits per heavy atom. The first-order valence-electron chi connectivity index (χ1n) is 6.39. The summed E-state index contributed by atoms with van der Waals surface area (Å²) in [6.07, 6.45) is 6.18. The third-order valence-corrected chi connectivity index (χ3v) is 3.27. The highest BCUT2D eigenvalue weighted by Crippen LogP contribution is 2.21. The van der Waals surface area contributed by atoms with Gasteiger partial charge in [-0.1, -0.05) is 27.2 Å². The fraction of sp³-hybridized carbons (Fsp3) is 0.923. The molecule has 0 bridgehead atoms. The molecule has 0 aliphatic carbocycles. The lowest BCUT2D eigenvalue weighted by Gasteiger charge is -2.17. The lowest BCUT2D eigenvalue weighted by atomic mass is 9.90. The fourth-order valence-electron chi connectivity index (χ4n) is 1.50. The molecular weight excluding hydrogens is 268 g/mol. The molecule has 3 nitrogen and oxygen atoms in total. The molecule has 0 aliphatic heterocycles. The van der Waals surface area contributed by atoms with Crippen LogP contribution in [0.25, 0.3) is 0 Å². The summed E-state index contributed by atoms with van der Waals surface area (Å²) >= 11 is 1.72. The topological polar surface area (TPSA) is 55.1 Å². The molecule has 0 rings (SSSR count). The molecule has 0 aromatic heterocycles. The monoisotopic (exact) mass is 296 g/mol. The summed E-state index contributed by atoms with van der Waals surface area (Å²) in [6.45, 7) is 7.47. The van der Waals surface area contributed by atoms with E-state index in [0.29, 0.717) is 5.41 Å². The zero-order valence-electron chi connectivity index (χ0n) is 12.1. The van der Waals surface area contributed by atoms with E-state index < -0.39 is 0 Å². The van der Waals surface area contributed by atoms with Crippen molar-refractivity contribution in [2.24, 2.45) is 11.1 Å². The van der Waals surface area contributed by atoms with Gasteiger partial charge >= 0.3 is 0 Å². The number of hydrogen-bond acceptors (Lipinski definition) is 3. The van der Waals surface area contributed by atoms with Gasteiger partial charge in [-0.15, -0.1) is 12.4 Å². The molecule has 3 N–H and O–H groups in total. The molecule has 5 heteroatoms. The Morgan fingerprint density at radius 2 is 1.94 bits per heavy atom. The lowest BCUT2D eigenvalue weighted by molar-refractivity contribution is -0.122. The third kappa shape index (κ3) is 12.5. The maximum Gasteiger partial charge on any atom is 0.236 e. The van der Waals surface area contributed by atoms with Gasteiger partial charge < -0.3 is 11.1 Å². The molecule has 0 unspecified atom stereocenters. The highest BCUT2D eigenvalue weighted by Gasteiger charge is 2.12. The first-order valence-corrected chi connectivity index (χ1v) is 7.78. The first kappa shape index (κ1) is 20.4. The number of halogens is 1. The molecule has 18 heavy (non-hydrogen) atoms. The molecule has 0 aliphatic rings. The zero-order chi connectivity index (χ0) is 13.3. The number of thioether (sulfide) groups is 1. The van der Waals surface area contributed by atoms with Crippen LogP contribution in [-0.4, -0.2) is 30.5 Å². The number of hydrogen-bond donors (Lipinski definition) is 2. The van der Waals surface area contributed by atoms with Crippen molar-refractivity contribution < 1.29 is 4.79 Å². The summed E-state index contributed by atoms with van der Waals surface area (Å²) in [5.41, 5.74) is 6.15. The van der Waals surface area contributed by atoms with Crippen molar-refractivity contribution in [2.45, 2.75) is 52.5 Å². The van der Waals surface area contributed by atoms with Crippen LogP contribution in [0.1, 0.15) is 46.5 Å². The molecule has 0 saturated heterocycles. The quantitative estimate of drug-likeness (QED) is 0.677. The molecule has 0 heterocycles. The van der Waals surface area contributed by atoms with Gasteiger partial charge in [-0.3, -0.25) is 4.79 Å². The molecule has 1 amide bonds. The van der Waals surface area contributed by atoms with E-state index in [-0.39, 0.29) is 24.4 Å². The second-order valence-electron chi connectivity index (χ2n) is 5.70. The van der Waals surface area contributed by atoms with Crippen molar-refractivity contribution in [1.29, 1.82) is 0 Å². The average molecular weight is 297 g/mol. The van der Waals surface area contributed by atoms with E-state index in [1.807, 2.05) is 6.26 Å². The van der Waals surface area contributed by atoms with Crippen LogP contribution in [0.5, 0.6) is 0 Å². The van der Waals surface area contributed by atoms with Crippen molar-refractivity contribution in [2.75, 3.05) is 18.6 Å². The standard InChI is InChI=1S/C13H28N2OS.ClH/c1-13(2,3)8-5-6-9-15-12(16)11(14)7-10-17-4;/h11H,5-10,14H2,1-4H3,(H,15,16);1H/t11-;/m0./s1. The van der Waals surface area contributed by atoms with Gasteiger partial charge in [0, 0.05) is 6.54 Å². The molecule has 0 fully saturated rings. The zero-order valence-corrected chi connectivity index (χ0v) is 13.8. The molecule has 0 saturated carbocycles. The Balaban J connectivity index is 0. The number of unbranched alkanes of at least 4 members (excludes halogenated alkanes) is 1. The normalized spacial score (nSPS) is 12.7. The van der Waals surface area contributed by atoms with E-state index in [4.69, 9.17) is 5.73 Å². The molecule has 0 aromatic rings. The maximum atomic E-state index is 11.6. The molecular formula is C13H29ClN2OS. The van der Waals surface area contributed by atoms with Gasteiger partial charge in [-0.2, -0.15) is 11.8 Å². The smallest absolute Gasteiger partial charge is 0.236 e. The molecule has 110 valence electrons. The van der Waals surface area contributed by atoms with Gasteiger partial charge in [0.15, 0.2) is 0 Å². The Hall–Kier alpha value is 0.0700. The summed E-state index contributed by atoms with van der Waals surface area (Å²) in [4.78, 5) is 11.6. The van der Waals surface area contributed by atoms with Crippen LogP contribution in [0, 0.1) is 5.41 Å². The summed E-state index contributed by atoms with van der Waals surface area (Å²) in [5, 5.41) is 2.90. The van der Waals surface area contributed by atoms with Crippen LogP contribution in [0.3, 0.4) is 0 Å². The van der Waals surface area contributed by atoms with Crippen molar-refractivity contribution in [1.82, 2.24) is 5.32 Å². The van der Waals surface area contributed by atoms with Crippen LogP contribution in [0.15, 0.2) is 0 Å². The van der Waals surface area contributed by atoms with Crippen molar-refractivity contribution in [3.63, 3.8) is 0 Å². The number of amides is 1. The number of carbonyl (C=O) groups is 1. The van der Waals surface area contributed by atoms with E-state index in [0.717, 1.165) is 31.6 Å². The van der Waals surface area contributed by atoms with Crippen LogP contribution in [0.2, 0.25) is 0 Å². The van der Waals surface area contributed by atoms with E-state index in [9.17, 15) is 4.79 Å². The molecule has 1 atom stereocenters. The number of nitrogens with one attached hydrogen (secondary N) is 1. The molecule has 0 aromatic carbocycles. The van der Waals surface area contributed by atoms with Gasteiger partial charge in [0.1, 0.15) is 0 Å². The van der Waals surface area contributed by atoms with Crippen LogP contribution in [-0.2, 0) is 4.79 Å². The summed E-state index contributed by atoms with van der Waals surface area (Å²) in [7, 11) is 0. The Kier molecular flexibility index (Phi) is 12.4. The van der Waals surface area contributed by atoms with E-state index in [2.05, 4.69) is 26.1 Å². The second-order valence-corrected chi connectivity index (χ2v) is 6.68. The van der Waals surface area contributed by atoms with Gasteiger partial charge in [-0.05, 0) is 36.7 Å². The van der Waals surface area contributed by atoms with Gasteiger partial charge in [-0.25, -0.2) is 0 Å². The maximum absolute atomic E-state index is 11.6. The predicted octanol–water partition coefficient (Wildman–Crippen LogP) is 2.82. The largest absolute Gasteiger partial charge is 0.355 e. The van der Waals surface area contributed by atoms with Gasteiger partial charge in [0.05, 0.1) is 6.04 Å². The number of rotatable bonds is 8. The summed E-state index contributed by atoms with van der Waals surface area (Å²) in [6, 6.07) is -0.343. The average Bonchev–Trinajstić information content (AvgIpc) is 2.23. The highest BCUT2D eigenvalue weighted by molar-refractivity contribution is 7.98. The highest BCUT2D eigenvalue weighted by atomic mass is 35.5. The molecule has 0 spiro atoms. The van der Waals surface area contributed by atoms with Crippen LogP contribution in [0.4, 0.5) is 0 Å². The second kappa shape index (κ2) is 10.9. The SMILES string of the molecule is CSCC[C@H](N)C(=O)NCCCCC(C)(C)C.Cl. The molecule has 0 radical (unpaired) electrons. The van der Waals surface area contributed by atoms with Crippen molar-refractivity contribution in [3.8, 4) is 0 Å². The van der Waals surface area contributed by atoms with Crippen LogP contribution < -0.4 is 11.1 Å². The van der Waals surface area contributed by atoms with Gasteiger partial charge in [0.2, 0.25) is 5.91 Å². The van der Waals surface area contributed by atoms with Crippen LogP contribution >= 0.6 is 24.2 Å². The summed E-state index contributed by atoms with van der Waals surface area (Å²) in [5.74, 6) is 0.938. The Labute approximate surface area is 122 Å². The summed E-state index contributed by atoms with van der Waals surface area (Å²) < 4.78 is 0. The number of carbonyl (C=O) groups excluding carboxylic acids is 1. The Morgan fingerprint density at radius 1 is 1.33 bits per heavy atom.